The first kappa shape index (κ1) is 23.6. The van der Waals surface area contributed by atoms with Gasteiger partial charge in [-0.15, -0.1) is 0 Å². The van der Waals surface area contributed by atoms with Crippen molar-refractivity contribution in [2.75, 3.05) is 25.2 Å². The molecule has 3 aromatic rings. The normalized spacial score (nSPS) is 15.4. The van der Waals surface area contributed by atoms with Gasteiger partial charge in [0.1, 0.15) is 18.0 Å². The van der Waals surface area contributed by atoms with Crippen LogP contribution in [0.15, 0.2) is 36.4 Å². The first-order valence-electron chi connectivity index (χ1n) is 11.2. The number of aryl methyl sites for hydroxylation is 1. The number of ether oxygens (including phenoxy) is 3. The van der Waals surface area contributed by atoms with Crippen LogP contribution < -0.4 is 9.64 Å². The molecule has 1 aliphatic rings. The lowest BCUT2D eigenvalue weighted by Gasteiger charge is -2.25. The van der Waals surface area contributed by atoms with Crippen LogP contribution >= 0.6 is 0 Å². The SMILES string of the molecule is COC(=O)c1c(C)[nH]c2c(OCc3ccccc3)cc3c(c12)C(CO)CN3C(=O)OC(C)(C)C. The number of nitrogens with one attached hydrogen (secondary N) is 1. The highest BCUT2D eigenvalue weighted by Crippen LogP contribution is 2.47. The Hall–Kier alpha value is -3.52. The van der Waals surface area contributed by atoms with Crippen LogP contribution in [0.2, 0.25) is 0 Å². The van der Waals surface area contributed by atoms with Crippen LogP contribution in [0.1, 0.15) is 53.9 Å². The predicted octanol–water partition coefficient (Wildman–Crippen LogP) is 4.67. The summed E-state index contributed by atoms with van der Waals surface area (Å²) >= 11 is 0. The average molecular weight is 467 g/mol. The highest BCUT2D eigenvalue weighted by molar-refractivity contribution is 6.12. The number of aromatic amines is 1. The summed E-state index contributed by atoms with van der Waals surface area (Å²) in [4.78, 5) is 30.6. The fourth-order valence-corrected chi connectivity index (χ4v) is 4.37. The van der Waals surface area contributed by atoms with Crippen LogP contribution in [0.3, 0.4) is 0 Å². The molecular weight excluding hydrogens is 436 g/mol. The van der Waals surface area contributed by atoms with Crippen molar-refractivity contribution in [3.63, 3.8) is 0 Å². The molecule has 2 aromatic carbocycles. The summed E-state index contributed by atoms with van der Waals surface area (Å²) < 4.78 is 16.9. The van der Waals surface area contributed by atoms with E-state index in [0.29, 0.717) is 45.8 Å². The van der Waals surface area contributed by atoms with E-state index in [1.807, 2.05) is 30.3 Å². The number of aliphatic hydroxyl groups is 1. The number of hydrogen-bond donors (Lipinski definition) is 2. The number of carbonyl (C=O) groups excluding carboxylic acids is 2. The number of benzene rings is 2. The third kappa shape index (κ3) is 4.33. The number of methoxy groups -OCH3 is 1. The number of aromatic nitrogens is 1. The maximum atomic E-state index is 13.1. The van der Waals surface area contributed by atoms with Gasteiger partial charge < -0.3 is 24.3 Å². The molecule has 0 radical (unpaired) electrons. The maximum absolute atomic E-state index is 13.1. The van der Waals surface area contributed by atoms with Gasteiger partial charge in [-0.25, -0.2) is 9.59 Å². The third-order valence-electron chi connectivity index (χ3n) is 5.81. The summed E-state index contributed by atoms with van der Waals surface area (Å²) in [6.07, 6.45) is -0.523. The number of aliphatic hydroxyl groups excluding tert-OH is 1. The molecule has 0 saturated carbocycles. The molecule has 4 rings (SSSR count). The van der Waals surface area contributed by atoms with Gasteiger partial charge >= 0.3 is 12.1 Å². The average Bonchev–Trinajstić information content (AvgIpc) is 3.33. The highest BCUT2D eigenvalue weighted by Gasteiger charge is 2.39. The number of carbonyl (C=O) groups is 2. The molecule has 8 heteroatoms. The van der Waals surface area contributed by atoms with Gasteiger partial charge in [-0.2, -0.15) is 0 Å². The molecule has 1 amide bonds. The van der Waals surface area contributed by atoms with Crippen molar-refractivity contribution in [3.8, 4) is 5.75 Å². The maximum Gasteiger partial charge on any atom is 0.414 e. The van der Waals surface area contributed by atoms with Crippen molar-refractivity contribution >= 4 is 28.7 Å². The summed E-state index contributed by atoms with van der Waals surface area (Å²) in [5.74, 6) is -0.409. The fourth-order valence-electron chi connectivity index (χ4n) is 4.37. The van der Waals surface area contributed by atoms with Crippen LogP contribution in [0.5, 0.6) is 5.75 Å². The van der Waals surface area contributed by atoms with E-state index < -0.39 is 23.6 Å². The molecule has 0 bridgehead atoms. The zero-order valence-corrected chi connectivity index (χ0v) is 20.1. The van der Waals surface area contributed by atoms with E-state index in [2.05, 4.69) is 4.98 Å². The molecule has 8 nitrogen and oxygen atoms in total. The molecule has 0 aliphatic carbocycles. The van der Waals surface area contributed by atoms with Gasteiger partial charge in [0.2, 0.25) is 0 Å². The van der Waals surface area contributed by atoms with E-state index >= 15 is 0 Å². The van der Waals surface area contributed by atoms with Gasteiger partial charge in [-0.05, 0) is 38.8 Å². The largest absolute Gasteiger partial charge is 0.487 e. The summed E-state index contributed by atoms with van der Waals surface area (Å²) in [6, 6.07) is 11.5. The van der Waals surface area contributed by atoms with Crippen molar-refractivity contribution in [1.29, 1.82) is 0 Å². The van der Waals surface area contributed by atoms with E-state index in [1.165, 1.54) is 12.0 Å². The van der Waals surface area contributed by atoms with Crippen molar-refractivity contribution in [2.24, 2.45) is 0 Å². The molecule has 1 atom stereocenters. The van der Waals surface area contributed by atoms with Gasteiger partial charge in [-0.1, -0.05) is 30.3 Å². The number of hydrogen-bond acceptors (Lipinski definition) is 6. The molecule has 180 valence electrons. The predicted molar refractivity (Wildman–Crippen MR) is 129 cm³/mol. The minimum absolute atomic E-state index is 0.198. The number of amides is 1. The van der Waals surface area contributed by atoms with E-state index in [-0.39, 0.29) is 13.2 Å². The van der Waals surface area contributed by atoms with Crippen LogP contribution in [0.25, 0.3) is 10.9 Å². The first-order chi connectivity index (χ1) is 16.1. The van der Waals surface area contributed by atoms with Gasteiger partial charge in [0.05, 0.1) is 30.5 Å². The Morgan fingerprint density at radius 2 is 1.91 bits per heavy atom. The molecule has 0 saturated heterocycles. The Balaban J connectivity index is 1.90. The fraction of sp³-hybridized carbons (Fsp3) is 0.385. The number of anilines is 1. The first-order valence-corrected chi connectivity index (χ1v) is 11.2. The van der Waals surface area contributed by atoms with Crippen molar-refractivity contribution < 1.29 is 28.9 Å². The van der Waals surface area contributed by atoms with E-state index in [4.69, 9.17) is 14.2 Å². The molecule has 34 heavy (non-hydrogen) atoms. The van der Waals surface area contributed by atoms with Gasteiger partial charge in [0, 0.05) is 29.6 Å². The van der Waals surface area contributed by atoms with Crippen molar-refractivity contribution in [1.82, 2.24) is 4.98 Å². The number of rotatable bonds is 5. The van der Waals surface area contributed by atoms with E-state index in [9.17, 15) is 14.7 Å². The van der Waals surface area contributed by atoms with E-state index in [1.54, 1.807) is 33.8 Å². The number of fused-ring (bicyclic) bond motifs is 3. The summed E-state index contributed by atoms with van der Waals surface area (Å²) in [5, 5.41) is 10.8. The Bertz CT molecular complexity index is 1230. The number of nitrogens with zero attached hydrogens (tertiary/aromatic N) is 1. The monoisotopic (exact) mass is 466 g/mol. The van der Waals surface area contributed by atoms with Crippen LogP contribution in [-0.4, -0.2) is 48.0 Å². The zero-order valence-electron chi connectivity index (χ0n) is 20.1. The molecule has 1 unspecified atom stereocenters. The molecule has 0 spiro atoms. The van der Waals surface area contributed by atoms with Gasteiger partial charge in [0.15, 0.2) is 0 Å². The highest BCUT2D eigenvalue weighted by atomic mass is 16.6. The summed E-state index contributed by atoms with van der Waals surface area (Å²) in [5.41, 5.74) is 3.14. The molecule has 0 fully saturated rings. The smallest absolute Gasteiger partial charge is 0.414 e. The zero-order chi connectivity index (χ0) is 24.6. The standard InChI is InChI=1S/C26H30N2O6/c1-15-20(24(30)32-5)22-21-17(13-29)12-28(25(31)34-26(2,3)4)18(21)11-19(23(22)27-15)33-14-16-9-7-6-8-10-16/h6-11,17,27,29H,12-14H2,1-5H3. The topological polar surface area (TPSA) is 101 Å². The lowest BCUT2D eigenvalue weighted by molar-refractivity contribution is 0.0576. The lowest BCUT2D eigenvalue weighted by atomic mass is 9.95. The van der Waals surface area contributed by atoms with Gasteiger partial charge in [0.25, 0.3) is 0 Å². The number of esters is 1. The molecule has 1 aliphatic heterocycles. The van der Waals surface area contributed by atoms with Crippen molar-refractivity contribution in [2.45, 2.75) is 45.8 Å². The Labute approximate surface area is 198 Å². The van der Waals surface area contributed by atoms with Crippen LogP contribution in [0.4, 0.5) is 10.5 Å². The lowest BCUT2D eigenvalue weighted by Crippen LogP contribution is -2.36. The summed E-state index contributed by atoms with van der Waals surface area (Å²) in [7, 11) is 1.33. The van der Waals surface area contributed by atoms with Crippen LogP contribution in [-0.2, 0) is 16.1 Å². The van der Waals surface area contributed by atoms with Crippen LogP contribution in [0, 0.1) is 6.92 Å². The summed E-state index contributed by atoms with van der Waals surface area (Å²) in [6.45, 7) is 7.51. The molecule has 2 N–H and O–H groups in total. The third-order valence-corrected chi connectivity index (χ3v) is 5.81. The molecular formula is C26H30N2O6. The van der Waals surface area contributed by atoms with Crippen molar-refractivity contribution in [3.05, 3.63) is 58.8 Å². The quantitative estimate of drug-likeness (QED) is 0.530. The second-order valence-corrected chi connectivity index (χ2v) is 9.42. The molecule has 2 heterocycles. The van der Waals surface area contributed by atoms with Gasteiger partial charge in [-0.3, -0.25) is 4.90 Å². The Morgan fingerprint density at radius 1 is 1.21 bits per heavy atom. The Morgan fingerprint density at radius 3 is 2.53 bits per heavy atom. The minimum Gasteiger partial charge on any atom is -0.487 e. The minimum atomic E-state index is -0.687. The molecule has 1 aromatic heterocycles. The second-order valence-electron chi connectivity index (χ2n) is 9.42. The number of H-pyrrole nitrogens is 1. The Kier molecular flexibility index (Phi) is 6.27. The second kappa shape index (κ2) is 9.02. The van der Waals surface area contributed by atoms with E-state index in [0.717, 1.165) is 5.56 Å².